The van der Waals surface area contributed by atoms with E-state index in [-0.39, 0.29) is 12.7 Å². The molecule has 0 amide bonds. The molecule has 0 spiro atoms. The maximum Gasteiger partial charge on any atom is 0.307 e. The lowest BCUT2D eigenvalue weighted by Gasteiger charge is -2.23. The number of carbonyl (C=O) groups is 1. The zero-order valence-corrected chi connectivity index (χ0v) is 27.0. The van der Waals surface area contributed by atoms with Crippen LogP contribution in [0, 0.1) is 36.5 Å². The highest BCUT2D eigenvalue weighted by Gasteiger charge is 2.16. The molecule has 0 radical (unpaired) electrons. The van der Waals surface area contributed by atoms with Crippen LogP contribution < -0.4 is 10.2 Å². The number of hydrogen-bond donors (Lipinski definition) is 1. The normalized spacial score (nSPS) is 10.8. The Kier molecular flexibility index (Phi) is 15.1. The Morgan fingerprint density at radius 3 is 2.13 bits per heavy atom. The number of benzene rings is 2. The number of unbranched alkanes of at least 4 members (excludes halogenated alkanes) is 10. The molecule has 0 fully saturated rings. The van der Waals surface area contributed by atoms with E-state index in [0.717, 1.165) is 41.6 Å². The van der Waals surface area contributed by atoms with Crippen molar-refractivity contribution in [2.45, 2.75) is 97.8 Å². The predicted molar refractivity (Wildman–Crippen MR) is 181 cm³/mol. The van der Waals surface area contributed by atoms with Crippen molar-refractivity contribution < 1.29 is 9.53 Å². The van der Waals surface area contributed by atoms with E-state index in [0.29, 0.717) is 29.4 Å². The summed E-state index contributed by atoms with van der Waals surface area (Å²) < 4.78 is 5.70. The lowest BCUT2D eigenvalue weighted by atomic mass is 10.0. The Bertz CT molecular complexity index is 1450. The second-order valence-electron chi connectivity index (χ2n) is 11.4. The first kappa shape index (κ1) is 34.8. The number of nitrogens with zero attached hydrogens (tertiary/aromatic N) is 5. The van der Waals surface area contributed by atoms with Crippen molar-refractivity contribution in [3.63, 3.8) is 0 Å². The van der Waals surface area contributed by atoms with Crippen LogP contribution in [0.15, 0.2) is 54.7 Å². The Balaban J connectivity index is 1.60. The van der Waals surface area contributed by atoms with Crippen LogP contribution >= 0.6 is 0 Å². The number of nitriles is 2. The summed E-state index contributed by atoms with van der Waals surface area (Å²) in [6, 6.07) is 17.0. The maximum absolute atomic E-state index is 12.7. The van der Waals surface area contributed by atoms with Crippen molar-refractivity contribution >= 4 is 35.2 Å². The van der Waals surface area contributed by atoms with Gasteiger partial charge in [0.25, 0.3) is 0 Å². The van der Waals surface area contributed by atoms with Crippen molar-refractivity contribution in [2.24, 2.45) is 0 Å². The monoisotopic (exact) mass is 606 g/mol. The van der Waals surface area contributed by atoms with Crippen molar-refractivity contribution in [2.75, 3.05) is 16.9 Å². The number of hydrogen-bond acceptors (Lipinski definition) is 8. The smallest absolute Gasteiger partial charge is 0.307 e. The number of carbonyl (C=O) groups excluding carboxylic acids is 1. The first-order valence-electron chi connectivity index (χ1n) is 16.2. The van der Waals surface area contributed by atoms with Crippen LogP contribution in [0.5, 0.6) is 0 Å². The molecule has 0 aliphatic rings. The fraction of sp³-hybridized carbons (Fsp3) is 0.432. The third-order valence-corrected chi connectivity index (χ3v) is 7.69. The molecule has 1 aromatic heterocycles. The van der Waals surface area contributed by atoms with Crippen molar-refractivity contribution in [1.82, 2.24) is 9.97 Å². The molecule has 0 saturated heterocycles. The molecule has 0 saturated carbocycles. The third kappa shape index (κ3) is 12.1. The largest absolute Gasteiger partial charge is 0.444 e. The number of rotatable bonds is 19. The fourth-order valence-corrected chi connectivity index (χ4v) is 5.21. The van der Waals surface area contributed by atoms with Gasteiger partial charge >= 0.3 is 5.97 Å². The van der Waals surface area contributed by atoms with Gasteiger partial charge in [0.2, 0.25) is 5.95 Å². The Labute approximate surface area is 268 Å². The van der Waals surface area contributed by atoms with Crippen LogP contribution in [0.1, 0.15) is 106 Å². The Morgan fingerprint density at radius 2 is 1.53 bits per heavy atom. The predicted octanol–water partition coefficient (Wildman–Crippen LogP) is 9.59. The van der Waals surface area contributed by atoms with Crippen molar-refractivity contribution in [1.29, 1.82) is 10.5 Å². The molecule has 0 aliphatic heterocycles. The zero-order valence-electron chi connectivity index (χ0n) is 27.0. The van der Waals surface area contributed by atoms with Gasteiger partial charge in [0.15, 0.2) is 6.73 Å². The summed E-state index contributed by atoms with van der Waals surface area (Å²) in [4.78, 5) is 23.6. The average Bonchev–Trinajstić information content (AvgIpc) is 3.05. The lowest BCUT2D eigenvalue weighted by molar-refractivity contribution is -0.143. The van der Waals surface area contributed by atoms with E-state index in [9.17, 15) is 10.1 Å². The van der Waals surface area contributed by atoms with E-state index in [2.05, 4.69) is 23.3 Å². The maximum atomic E-state index is 12.7. The first-order valence-corrected chi connectivity index (χ1v) is 16.2. The quantitative estimate of drug-likeness (QED) is 0.0621. The topological polar surface area (TPSA) is 115 Å². The Hall–Kier alpha value is -4.69. The molecule has 2 aromatic carbocycles. The van der Waals surface area contributed by atoms with Crippen LogP contribution in [0.3, 0.4) is 0 Å². The third-order valence-electron chi connectivity index (χ3n) is 7.69. The van der Waals surface area contributed by atoms with Crippen molar-refractivity contribution in [3.8, 4) is 12.1 Å². The van der Waals surface area contributed by atoms with Gasteiger partial charge in [0, 0.05) is 30.1 Å². The molecule has 45 heavy (non-hydrogen) atoms. The molecule has 8 nitrogen and oxygen atoms in total. The minimum absolute atomic E-state index is 0.0514. The van der Waals surface area contributed by atoms with E-state index in [4.69, 9.17) is 15.0 Å². The summed E-state index contributed by atoms with van der Waals surface area (Å²) >= 11 is 0. The highest BCUT2D eigenvalue weighted by molar-refractivity contribution is 5.71. The van der Waals surface area contributed by atoms with Crippen molar-refractivity contribution in [3.05, 3.63) is 77.0 Å². The second-order valence-corrected chi connectivity index (χ2v) is 11.4. The molecule has 8 heteroatoms. The van der Waals surface area contributed by atoms with Crippen LogP contribution in [0.2, 0.25) is 0 Å². The zero-order chi connectivity index (χ0) is 32.3. The van der Waals surface area contributed by atoms with Gasteiger partial charge < -0.3 is 10.1 Å². The summed E-state index contributed by atoms with van der Waals surface area (Å²) in [5.74, 6) is 0.684. The number of esters is 1. The summed E-state index contributed by atoms with van der Waals surface area (Å²) in [5.41, 5.74) is 5.11. The first-order chi connectivity index (χ1) is 21.9. The standard InChI is InChI=1S/C37H46N6O2/c1-4-5-6-7-8-9-10-11-12-13-14-17-35(44)45-28-43(33-20-18-31(27-39)19-21-33)37-40-24-22-34(42-37)41-36-29(2)25-32(16-15-23-38)26-30(36)3/h15-16,18-22,24-26H,4-14,17,28H2,1-3H3,(H,40,41,42)/b16-15+. The molecular formula is C37H46N6O2. The van der Waals surface area contributed by atoms with Gasteiger partial charge in [0.05, 0.1) is 17.7 Å². The molecule has 0 unspecified atom stereocenters. The highest BCUT2D eigenvalue weighted by Crippen LogP contribution is 2.28. The number of allylic oxidation sites excluding steroid dienone is 1. The number of aryl methyl sites for hydroxylation is 2. The molecular weight excluding hydrogens is 560 g/mol. The minimum Gasteiger partial charge on any atom is -0.444 e. The van der Waals surface area contributed by atoms with Gasteiger partial charge in [-0.1, -0.05) is 71.1 Å². The van der Waals surface area contributed by atoms with E-state index in [1.54, 1.807) is 47.5 Å². The molecule has 236 valence electrons. The summed E-state index contributed by atoms with van der Waals surface area (Å²) in [5, 5.41) is 21.5. The molecule has 3 rings (SSSR count). The summed E-state index contributed by atoms with van der Waals surface area (Å²) in [6.07, 6.45) is 18.7. The van der Waals surface area contributed by atoms with Gasteiger partial charge in [-0.25, -0.2) is 4.98 Å². The SMILES string of the molecule is CCCCCCCCCCCCCC(=O)OCN(c1ccc(C#N)cc1)c1nccc(Nc2c(C)cc(/C=C/C#N)cc2C)n1. The molecule has 3 aromatic rings. The van der Waals surface area contributed by atoms with Gasteiger partial charge in [0.1, 0.15) is 5.82 Å². The van der Waals surface area contributed by atoms with Crippen LogP contribution in [-0.2, 0) is 9.53 Å². The summed E-state index contributed by atoms with van der Waals surface area (Å²) in [6.45, 7) is 6.19. The van der Waals surface area contributed by atoms with E-state index in [1.807, 2.05) is 32.0 Å². The molecule has 0 bridgehead atoms. The lowest BCUT2D eigenvalue weighted by Crippen LogP contribution is -2.25. The van der Waals surface area contributed by atoms with Crippen LogP contribution in [0.4, 0.5) is 23.1 Å². The minimum atomic E-state index is -0.254. The number of ether oxygens (including phenoxy) is 1. The number of aromatic nitrogens is 2. The van der Waals surface area contributed by atoms with Gasteiger partial charge in [-0.05, 0) is 85.5 Å². The second kappa shape index (κ2) is 19.6. The molecule has 0 atom stereocenters. The van der Waals surface area contributed by atoms with Crippen LogP contribution in [-0.4, -0.2) is 22.7 Å². The van der Waals surface area contributed by atoms with Gasteiger partial charge in [-0.15, -0.1) is 0 Å². The summed E-state index contributed by atoms with van der Waals surface area (Å²) in [7, 11) is 0. The van der Waals surface area contributed by atoms with E-state index < -0.39 is 0 Å². The molecule has 1 N–H and O–H groups in total. The molecule has 1 heterocycles. The van der Waals surface area contributed by atoms with Crippen LogP contribution in [0.25, 0.3) is 6.08 Å². The number of nitrogens with one attached hydrogen (secondary N) is 1. The molecule has 0 aliphatic carbocycles. The van der Waals surface area contributed by atoms with E-state index >= 15 is 0 Å². The van der Waals surface area contributed by atoms with Gasteiger partial charge in [-0.3, -0.25) is 9.69 Å². The van der Waals surface area contributed by atoms with E-state index in [1.165, 1.54) is 57.4 Å². The average molecular weight is 607 g/mol. The number of anilines is 4. The Morgan fingerprint density at radius 1 is 0.911 bits per heavy atom. The van der Waals surface area contributed by atoms with Gasteiger partial charge in [-0.2, -0.15) is 15.5 Å². The fourth-order valence-electron chi connectivity index (χ4n) is 5.21. The highest BCUT2D eigenvalue weighted by atomic mass is 16.5.